The standard InChI is InChI=1S/C10H13O.C3H7.Y/c1-7(2)9-6-4-5-8(3)10(9)11;1-3-2;/h5-7,11H,1-3H3;3H,1-2H3;/q2*-1;. The minimum atomic E-state index is 0. The van der Waals surface area contributed by atoms with Crippen molar-refractivity contribution in [1.29, 1.82) is 0 Å². The zero-order chi connectivity index (χ0) is 11.1. The molecule has 0 saturated carbocycles. The van der Waals surface area contributed by atoms with E-state index in [1.54, 1.807) is 6.07 Å². The van der Waals surface area contributed by atoms with E-state index in [-0.39, 0.29) is 32.7 Å². The van der Waals surface area contributed by atoms with Gasteiger partial charge in [-0.2, -0.15) is 32.0 Å². The first-order valence-electron chi connectivity index (χ1n) is 4.98. The molecule has 1 aromatic carbocycles. The number of phenolic OH excluding ortho intramolecular Hbond substituents is 1. The van der Waals surface area contributed by atoms with Gasteiger partial charge in [0, 0.05) is 38.5 Å². The van der Waals surface area contributed by atoms with Crippen LogP contribution in [-0.2, 0) is 32.7 Å². The molecule has 1 nitrogen and oxygen atoms in total. The number of aryl methyl sites for hydroxylation is 1. The molecule has 0 aliphatic carbocycles. The first-order chi connectivity index (χ1) is 6.54. The predicted molar refractivity (Wildman–Crippen MR) is 61.4 cm³/mol. The molecule has 0 aliphatic heterocycles. The summed E-state index contributed by atoms with van der Waals surface area (Å²) >= 11 is 0. The minimum Gasteiger partial charge on any atom is -0.533 e. The first-order valence-corrected chi connectivity index (χ1v) is 4.98. The van der Waals surface area contributed by atoms with Crippen molar-refractivity contribution in [3.05, 3.63) is 35.7 Å². The maximum absolute atomic E-state index is 9.55. The monoisotopic (exact) mass is 281 g/mol. The Balaban J connectivity index is 0. The Morgan fingerprint density at radius 2 is 1.73 bits per heavy atom. The molecule has 0 fully saturated rings. The van der Waals surface area contributed by atoms with Crippen molar-refractivity contribution < 1.29 is 37.8 Å². The van der Waals surface area contributed by atoms with Crippen molar-refractivity contribution in [2.24, 2.45) is 0 Å². The smallest absolute Gasteiger partial charge is 0.0145 e. The Morgan fingerprint density at radius 1 is 1.27 bits per heavy atom. The zero-order valence-corrected chi connectivity index (χ0v) is 13.2. The topological polar surface area (TPSA) is 20.2 Å². The maximum Gasteiger partial charge on any atom is 0.0145 e. The Kier molecular flexibility index (Phi) is 10.9. The van der Waals surface area contributed by atoms with Gasteiger partial charge in [-0.1, -0.05) is 26.7 Å². The molecule has 0 saturated heterocycles. The van der Waals surface area contributed by atoms with Gasteiger partial charge in [0.15, 0.2) is 0 Å². The predicted octanol–water partition coefficient (Wildman–Crippen LogP) is 3.85. The largest absolute Gasteiger partial charge is 0.533 e. The van der Waals surface area contributed by atoms with Crippen molar-refractivity contribution >= 4 is 0 Å². The molecule has 1 N–H and O–H groups in total. The van der Waals surface area contributed by atoms with Gasteiger partial charge < -0.3 is 11.5 Å². The third-order valence-corrected chi connectivity index (χ3v) is 1.81. The second-order valence-electron chi connectivity index (χ2n) is 3.67. The number of benzene rings is 1. The molecule has 15 heavy (non-hydrogen) atoms. The van der Waals surface area contributed by atoms with Crippen LogP contribution in [0.15, 0.2) is 12.1 Å². The van der Waals surface area contributed by atoms with E-state index in [2.05, 4.69) is 19.9 Å². The van der Waals surface area contributed by atoms with E-state index >= 15 is 0 Å². The van der Waals surface area contributed by atoms with Gasteiger partial charge in [-0.15, -0.1) is 11.1 Å². The summed E-state index contributed by atoms with van der Waals surface area (Å²) in [6.07, 6.45) is 2.00. The normalized spacial score (nSPS) is 8.93. The van der Waals surface area contributed by atoms with Gasteiger partial charge in [0.25, 0.3) is 0 Å². The molecule has 0 unspecified atom stereocenters. The van der Waals surface area contributed by atoms with Crippen LogP contribution in [0.1, 0.15) is 44.7 Å². The number of phenols is 1. The van der Waals surface area contributed by atoms with E-state index in [0.29, 0.717) is 11.7 Å². The van der Waals surface area contributed by atoms with Gasteiger partial charge in [-0.3, -0.25) is 0 Å². The molecule has 2 heteroatoms. The van der Waals surface area contributed by atoms with Crippen LogP contribution in [0, 0.1) is 19.4 Å². The van der Waals surface area contributed by atoms with Crippen molar-refractivity contribution in [2.45, 2.75) is 40.5 Å². The second kappa shape index (κ2) is 9.36. The van der Waals surface area contributed by atoms with Crippen molar-refractivity contribution in [3.8, 4) is 5.75 Å². The second-order valence-corrected chi connectivity index (χ2v) is 3.67. The molecule has 1 rings (SSSR count). The SMILES string of the molecule is C[CH-]C.Cc1c[c-]cc(C(C)C)c1O.[Y]. The molecule has 0 atom stereocenters. The summed E-state index contributed by atoms with van der Waals surface area (Å²) < 4.78 is 0. The average molecular weight is 281 g/mol. The summed E-state index contributed by atoms with van der Waals surface area (Å²) in [5.74, 6) is 0.782. The number of hydrogen-bond acceptors (Lipinski definition) is 1. The maximum atomic E-state index is 9.55. The Labute approximate surface area is 119 Å². The van der Waals surface area contributed by atoms with Gasteiger partial charge in [0.2, 0.25) is 0 Å². The molecule has 0 bridgehead atoms. The van der Waals surface area contributed by atoms with Gasteiger partial charge in [0.05, 0.1) is 0 Å². The minimum absolute atomic E-state index is 0. The molecule has 1 aromatic rings. The Hall–Kier alpha value is 0.124. The Morgan fingerprint density at radius 3 is 2.07 bits per heavy atom. The summed E-state index contributed by atoms with van der Waals surface area (Å²) in [4.78, 5) is 0. The molecule has 0 aromatic heterocycles. The number of rotatable bonds is 1. The van der Waals surface area contributed by atoms with Gasteiger partial charge >= 0.3 is 0 Å². The van der Waals surface area contributed by atoms with Crippen LogP contribution in [0.25, 0.3) is 0 Å². The van der Waals surface area contributed by atoms with Crippen LogP contribution in [0.5, 0.6) is 5.75 Å². The fraction of sp³-hybridized carbons (Fsp3) is 0.462. The fourth-order valence-corrected chi connectivity index (χ4v) is 1.06. The van der Waals surface area contributed by atoms with Crippen LogP contribution in [0.3, 0.4) is 0 Å². The third kappa shape index (κ3) is 6.32. The molecular weight excluding hydrogens is 261 g/mol. The van der Waals surface area contributed by atoms with E-state index in [1.165, 1.54) is 0 Å². The zero-order valence-electron chi connectivity index (χ0n) is 10.3. The van der Waals surface area contributed by atoms with Crippen LogP contribution in [-0.4, -0.2) is 5.11 Å². The van der Waals surface area contributed by atoms with Crippen LogP contribution < -0.4 is 0 Å². The fourth-order valence-electron chi connectivity index (χ4n) is 1.06. The molecule has 0 spiro atoms. The van der Waals surface area contributed by atoms with Crippen LogP contribution in [0.4, 0.5) is 0 Å². The number of hydrogen-bond donors (Lipinski definition) is 1. The van der Waals surface area contributed by atoms with Crippen molar-refractivity contribution in [1.82, 2.24) is 0 Å². The van der Waals surface area contributed by atoms with E-state index in [4.69, 9.17) is 0 Å². The van der Waals surface area contributed by atoms with Gasteiger partial charge in [0.1, 0.15) is 0 Å². The first kappa shape index (κ1) is 17.5. The summed E-state index contributed by atoms with van der Waals surface area (Å²) in [5.41, 5.74) is 1.88. The molecule has 0 aliphatic rings. The average Bonchev–Trinajstić information content (AvgIpc) is 2.10. The summed E-state index contributed by atoms with van der Waals surface area (Å²) in [5, 5.41) is 9.55. The van der Waals surface area contributed by atoms with Crippen LogP contribution in [0.2, 0.25) is 0 Å². The summed E-state index contributed by atoms with van der Waals surface area (Å²) in [6, 6.07) is 6.62. The summed E-state index contributed by atoms with van der Waals surface area (Å²) in [6.45, 7) is 10.0. The van der Waals surface area contributed by atoms with E-state index in [0.717, 1.165) is 11.1 Å². The van der Waals surface area contributed by atoms with Crippen molar-refractivity contribution in [2.75, 3.05) is 0 Å². The van der Waals surface area contributed by atoms with Crippen LogP contribution >= 0.6 is 0 Å². The molecule has 83 valence electrons. The summed E-state index contributed by atoms with van der Waals surface area (Å²) in [7, 11) is 0. The quantitative estimate of drug-likeness (QED) is 0.775. The third-order valence-electron chi connectivity index (χ3n) is 1.81. The van der Waals surface area contributed by atoms with Crippen molar-refractivity contribution in [3.63, 3.8) is 0 Å². The molecule has 0 heterocycles. The van der Waals surface area contributed by atoms with Gasteiger partial charge in [-0.05, 0) is 0 Å². The van der Waals surface area contributed by atoms with E-state index in [9.17, 15) is 5.11 Å². The molecule has 0 amide bonds. The van der Waals surface area contributed by atoms with E-state index in [1.807, 2.05) is 33.3 Å². The Bertz CT molecular complexity index is 269. The number of aromatic hydroxyl groups is 1. The van der Waals surface area contributed by atoms with E-state index < -0.39 is 0 Å². The van der Waals surface area contributed by atoms with Gasteiger partial charge in [-0.25, -0.2) is 0 Å². The molecule has 1 radical (unpaired) electrons. The molecular formula is C13H20OY-2.